The monoisotopic (exact) mass is 380 g/mol. The summed E-state index contributed by atoms with van der Waals surface area (Å²) in [7, 11) is 3.70. The predicted octanol–water partition coefficient (Wildman–Crippen LogP) is 3.70. The van der Waals surface area contributed by atoms with Gasteiger partial charge in [0.15, 0.2) is 11.5 Å². The van der Waals surface area contributed by atoms with Crippen LogP contribution in [0.1, 0.15) is 11.1 Å². The van der Waals surface area contributed by atoms with Crippen molar-refractivity contribution in [3.8, 4) is 11.5 Å². The minimum absolute atomic E-state index is 0.440. The van der Waals surface area contributed by atoms with Crippen molar-refractivity contribution in [1.82, 2.24) is 14.5 Å². The summed E-state index contributed by atoms with van der Waals surface area (Å²) in [6.45, 7) is 0.731. The Morgan fingerprint density at radius 1 is 0.963 bits per heavy atom. The Morgan fingerprint density at radius 3 is 2.37 bits per heavy atom. The maximum atomic E-state index is 5.66. The lowest BCUT2D eigenvalue weighted by Crippen LogP contribution is -1.99. The molecule has 138 valence electrons. The lowest BCUT2D eigenvalue weighted by molar-refractivity contribution is 0.356. The van der Waals surface area contributed by atoms with Crippen LogP contribution in [0.2, 0.25) is 0 Å². The van der Waals surface area contributed by atoms with Crippen LogP contribution in [0.5, 0.6) is 11.5 Å². The van der Waals surface area contributed by atoms with Crippen molar-refractivity contribution in [3.05, 3.63) is 60.0 Å². The molecule has 0 spiro atoms. The quantitative estimate of drug-likeness (QED) is 0.516. The van der Waals surface area contributed by atoms with Gasteiger partial charge in [-0.25, -0.2) is 4.98 Å². The maximum Gasteiger partial charge on any atom is 0.162 e. The zero-order valence-corrected chi connectivity index (χ0v) is 16.3. The Bertz CT molecular complexity index is 1090. The van der Waals surface area contributed by atoms with Crippen LogP contribution in [0.25, 0.3) is 21.9 Å². The molecule has 1 unspecified atom stereocenters. The van der Waals surface area contributed by atoms with E-state index in [1.54, 1.807) is 20.4 Å². The third-order valence-corrected chi connectivity index (χ3v) is 5.24. The number of aromatic nitrogens is 3. The highest BCUT2D eigenvalue weighted by Crippen LogP contribution is 2.34. The lowest BCUT2D eigenvalue weighted by Gasteiger charge is -2.11. The fraction of sp³-hybridized carbons (Fsp3) is 0.200. The predicted molar refractivity (Wildman–Crippen MR) is 110 cm³/mol. The minimum Gasteiger partial charge on any atom is -0.493 e. The zero-order chi connectivity index (χ0) is 18.8. The van der Waals surface area contributed by atoms with Gasteiger partial charge in [-0.2, -0.15) is 0 Å². The SMILES string of the molecule is COc1cc2ncc3ncn(Cc4ccc(CPN)cc4)c3c2cc1OC. The summed E-state index contributed by atoms with van der Waals surface area (Å²) in [6, 6.07) is 12.4. The molecule has 2 N–H and O–H groups in total. The van der Waals surface area contributed by atoms with Crippen molar-refractivity contribution in [2.45, 2.75) is 12.7 Å². The van der Waals surface area contributed by atoms with Crippen molar-refractivity contribution in [2.24, 2.45) is 5.50 Å². The first-order chi connectivity index (χ1) is 13.2. The molecule has 1 atom stereocenters. The number of nitrogens with two attached hydrogens (primary N) is 1. The first-order valence-electron chi connectivity index (χ1n) is 8.60. The minimum atomic E-state index is 0.440. The molecule has 2 aromatic carbocycles. The zero-order valence-electron chi connectivity index (χ0n) is 15.3. The highest BCUT2D eigenvalue weighted by atomic mass is 31.1. The van der Waals surface area contributed by atoms with Gasteiger partial charge in [0.05, 0.1) is 37.8 Å². The molecule has 0 bridgehead atoms. The molecule has 27 heavy (non-hydrogen) atoms. The first-order valence-corrected chi connectivity index (χ1v) is 9.88. The molecule has 2 aromatic heterocycles. The molecular formula is C20H21N4O2P. The number of ether oxygens (including phenoxy) is 2. The normalized spacial score (nSPS) is 11.7. The largest absolute Gasteiger partial charge is 0.493 e. The summed E-state index contributed by atoms with van der Waals surface area (Å²) >= 11 is 0. The Balaban J connectivity index is 1.80. The standard InChI is InChI=1S/C20H21N4O2P/c1-25-18-7-15-16(8-19(18)26-2)22-9-17-20(15)24(12-23-17)10-13-3-5-14(6-4-13)11-27-21/h3-9,12,27H,10-11,21H2,1-2H3. The molecule has 0 aliphatic carbocycles. The van der Waals surface area contributed by atoms with Crippen LogP contribution in [-0.2, 0) is 12.7 Å². The van der Waals surface area contributed by atoms with Crippen molar-refractivity contribution in [2.75, 3.05) is 14.2 Å². The molecule has 0 saturated carbocycles. The molecule has 0 radical (unpaired) electrons. The number of pyridine rings is 1. The molecule has 2 heterocycles. The molecule has 0 saturated heterocycles. The number of hydrogen-bond acceptors (Lipinski definition) is 5. The van der Waals surface area contributed by atoms with Crippen molar-refractivity contribution >= 4 is 30.7 Å². The molecule has 7 heteroatoms. The highest BCUT2D eigenvalue weighted by molar-refractivity contribution is 7.34. The van der Waals surface area contributed by atoms with E-state index in [9.17, 15) is 0 Å². The summed E-state index contributed by atoms with van der Waals surface area (Å²) in [5.41, 5.74) is 10.9. The lowest BCUT2D eigenvalue weighted by atomic mass is 10.1. The van der Waals surface area contributed by atoms with Crippen LogP contribution in [0, 0.1) is 0 Å². The number of imidazole rings is 1. The number of benzene rings is 2. The van der Waals surface area contributed by atoms with Gasteiger partial charge in [0.2, 0.25) is 0 Å². The van der Waals surface area contributed by atoms with E-state index in [4.69, 9.17) is 15.0 Å². The van der Waals surface area contributed by atoms with Gasteiger partial charge in [-0.05, 0) is 17.2 Å². The highest BCUT2D eigenvalue weighted by Gasteiger charge is 2.13. The van der Waals surface area contributed by atoms with Gasteiger partial charge < -0.3 is 19.5 Å². The third kappa shape index (κ3) is 3.34. The van der Waals surface area contributed by atoms with E-state index >= 15 is 0 Å². The Labute approximate surface area is 159 Å². The van der Waals surface area contributed by atoms with Crippen molar-refractivity contribution in [3.63, 3.8) is 0 Å². The second kappa shape index (κ2) is 7.51. The van der Waals surface area contributed by atoms with Crippen LogP contribution in [0.3, 0.4) is 0 Å². The van der Waals surface area contributed by atoms with Gasteiger partial charge in [0.1, 0.15) is 5.52 Å². The smallest absolute Gasteiger partial charge is 0.162 e. The summed E-state index contributed by atoms with van der Waals surface area (Å²) in [6.07, 6.45) is 4.58. The number of fused-ring (bicyclic) bond motifs is 3. The second-order valence-electron chi connectivity index (χ2n) is 6.29. The van der Waals surface area contributed by atoms with E-state index in [1.807, 2.05) is 18.5 Å². The second-order valence-corrected chi connectivity index (χ2v) is 7.05. The van der Waals surface area contributed by atoms with Gasteiger partial charge in [0.25, 0.3) is 0 Å². The molecule has 0 amide bonds. The first kappa shape index (κ1) is 17.7. The van der Waals surface area contributed by atoms with Crippen LogP contribution >= 0.6 is 8.73 Å². The van der Waals surface area contributed by atoms with Gasteiger partial charge in [-0.1, -0.05) is 33.0 Å². The van der Waals surface area contributed by atoms with Gasteiger partial charge in [0, 0.05) is 24.2 Å². The summed E-state index contributed by atoms with van der Waals surface area (Å²) < 4.78 is 13.0. The van der Waals surface area contributed by atoms with E-state index in [0.29, 0.717) is 20.2 Å². The molecule has 0 fully saturated rings. The number of nitrogens with zero attached hydrogens (tertiary/aromatic N) is 3. The van der Waals surface area contributed by atoms with E-state index in [1.165, 1.54) is 11.1 Å². The number of hydrogen-bond donors (Lipinski definition) is 1. The van der Waals surface area contributed by atoms with Gasteiger partial charge >= 0.3 is 0 Å². The van der Waals surface area contributed by atoms with Crippen LogP contribution in [-0.4, -0.2) is 28.8 Å². The Morgan fingerprint density at radius 2 is 1.67 bits per heavy atom. The van der Waals surface area contributed by atoms with Gasteiger partial charge in [-0.15, -0.1) is 0 Å². The van der Waals surface area contributed by atoms with Gasteiger partial charge in [-0.3, -0.25) is 4.98 Å². The topological polar surface area (TPSA) is 75.2 Å². The van der Waals surface area contributed by atoms with Crippen molar-refractivity contribution in [1.29, 1.82) is 0 Å². The fourth-order valence-corrected chi connectivity index (χ4v) is 3.75. The average Bonchev–Trinajstić information content (AvgIpc) is 3.11. The Hall–Kier alpha value is -2.69. The Kier molecular flexibility index (Phi) is 4.92. The van der Waals surface area contributed by atoms with Crippen LogP contribution < -0.4 is 15.0 Å². The summed E-state index contributed by atoms with van der Waals surface area (Å²) in [4.78, 5) is 9.05. The third-order valence-electron chi connectivity index (χ3n) is 4.63. The summed E-state index contributed by atoms with van der Waals surface area (Å²) in [5, 5.41) is 0.989. The molecule has 4 aromatic rings. The van der Waals surface area contributed by atoms with E-state index in [0.717, 1.165) is 34.6 Å². The fourth-order valence-electron chi connectivity index (χ4n) is 3.28. The maximum absolute atomic E-state index is 5.66. The molecule has 4 rings (SSSR count). The van der Waals surface area contributed by atoms with Crippen molar-refractivity contribution < 1.29 is 9.47 Å². The number of methoxy groups -OCH3 is 2. The van der Waals surface area contributed by atoms with E-state index in [2.05, 4.69) is 38.8 Å². The van der Waals surface area contributed by atoms with E-state index in [-0.39, 0.29) is 0 Å². The van der Waals surface area contributed by atoms with Crippen LogP contribution in [0.4, 0.5) is 0 Å². The van der Waals surface area contributed by atoms with E-state index < -0.39 is 0 Å². The average molecular weight is 380 g/mol. The summed E-state index contributed by atoms with van der Waals surface area (Å²) in [5.74, 6) is 1.35. The number of rotatable bonds is 6. The molecule has 0 aliphatic heterocycles. The molecule has 6 nitrogen and oxygen atoms in total. The molecule has 0 aliphatic rings. The van der Waals surface area contributed by atoms with Crippen LogP contribution in [0.15, 0.2) is 48.9 Å². The molecular weight excluding hydrogens is 359 g/mol.